The number of carbonyl (C=O) groups is 1. The van der Waals surface area contributed by atoms with Crippen molar-refractivity contribution in [2.75, 3.05) is 13.3 Å². The second kappa shape index (κ2) is 7.29. The van der Waals surface area contributed by atoms with Gasteiger partial charge in [-0.1, -0.05) is 35.6 Å². The van der Waals surface area contributed by atoms with E-state index >= 15 is 0 Å². The number of hydrogen-bond acceptors (Lipinski definition) is 10. The minimum Gasteiger partial charge on any atom is -0.504 e. The van der Waals surface area contributed by atoms with Crippen molar-refractivity contribution in [3.8, 4) is 17.2 Å². The van der Waals surface area contributed by atoms with Crippen molar-refractivity contribution in [1.82, 2.24) is 10.3 Å². The zero-order valence-corrected chi connectivity index (χ0v) is 18.2. The van der Waals surface area contributed by atoms with E-state index in [1.807, 2.05) is 37.3 Å². The molecule has 5 N–H and O–H groups in total. The molecule has 3 heterocycles. The number of aromatic hydroxyl groups is 1. The summed E-state index contributed by atoms with van der Waals surface area (Å²) in [6.07, 6.45) is -4.39. The summed E-state index contributed by atoms with van der Waals surface area (Å²) in [5.74, 6) is -1.40. The van der Waals surface area contributed by atoms with Gasteiger partial charge in [-0.25, -0.2) is 0 Å². The van der Waals surface area contributed by atoms with Crippen molar-refractivity contribution in [3.05, 3.63) is 53.1 Å². The standard InChI is InChI=1S/C23H24N4O7/c1-23(10-5-3-2-4-6-10)8-27(26-25-23)16-13-11-7-12-21(34-9-33-12)17(28)14(11)22(32)24-15(13)18(29)20(31)19(16)30/h2-7,13,15-16,18-20,28-31H,8-9H2,1H3,(H,24,32). The smallest absolute Gasteiger partial charge is 0.255 e. The van der Waals surface area contributed by atoms with Crippen molar-refractivity contribution < 1.29 is 34.7 Å². The molecular weight excluding hydrogens is 444 g/mol. The highest BCUT2D eigenvalue weighted by molar-refractivity contribution is 6.01. The molecule has 1 aliphatic carbocycles. The number of benzene rings is 2. The molecule has 0 aromatic heterocycles. The molecule has 0 bridgehead atoms. The van der Waals surface area contributed by atoms with Crippen LogP contribution < -0.4 is 14.8 Å². The maximum Gasteiger partial charge on any atom is 0.255 e. The van der Waals surface area contributed by atoms with Gasteiger partial charge in [0.05, 0.1) is 24.2 Å². The number of aliphatic hydroxyl groups is 3. The van der Waals surface area contributed by atoms with E-state index in [2.05, 4.69) is 15.7 Å². The number of nitrogens with one attached hydrogen (secondary N) is 1. The summed E-state index contributed by atoms with van der Waals surface area (Å²) in [7, 11) is 0. The van der Waals surface area contributed by atoms with Crippen LogP contribution in [0.25, 0.3) is 0 Å². The van der Waals surface area contributed by atoms with E-state index in [0.717, 1.165) is 5.56 Å². The van der Waals surface area contributed by atoms with Gasteiger partial charge in [-0.3, -0.25) is 9.80 Å². The third kappa shape index (κ3) is 2.84. The first-order chi connectivity index (χ1) is 16.3. The highest BCUT2D eigenvalue weighted by atomic mass is 16.7. The third-order valence-electron chi connectivity index (χ3n) is 7.32. The van der Waals surface area contributed by atoms with Crippen molar-refractivity contribution in [2.45, 2.75) is 48.8 Å². The lowest BCUT2D eigenvalue weighted by Crippen LogP contribution is -2.69. The van der Waals surface area contributed by atoms with E-state index in [1.165, 1.54) is 0 Å². The number of phenols is 1. The van der Waals surface area contributed by atoms with E-state index in [0.29, 0.717) is 12.1 Å². The Kier molecular flexibility index (Phi) is 4.54. The molecule has 7 atom stereocenters. The minimum atomic E-state index is -1.53. The van der Waals surface area contributed by atoms with Gasteiger partial charge < -0.3 is 35.2 Å². The molecule has 4 aliphatic rings. The van der Waals surface area contributed by atoms with Gasteiger partial charge in [-0.2, -0.15) is 5.11 Å². The summed E-state index contributed by atoms with van der Waals surface area (Å²) in [5.41, 5.74) is 0.583. The quantitative estimate of drug-likeness (QED) is 0.423. The van der Waals surface area contributed by atoms with Gasteiger partial charge in [0, 0.05) is 5.92 Å². The topological polar surface area (TPSA) is 156 Å². The Morgan fingerprint density at radius 3 is 2.65 bits per heavy atom. The fourth-order valence-corrected chi connectivity index (χ4v) is 5.58. The van der Waals surface area contributed by atoms with E-state index in [-0.39, 0.29) is 29.6 Å². The predicted molar refractivity (Wildman–Crippen MR) is 115 cm³/mol. The highest BCUT2D eigenvalue weighted by Gasteiger charge is 2.57. The molecule has 7 unspecified atom stereocenters. The fraction of sp³-hybridized carbons (Fsp3) is 0.435. The van der Waals surface area contributed by atoms with Crippen LogP contribution in [0.5, 0.6) is 17.2 Å². The van der Waals surface area contributed by atoms with Gasteiger partial charge >= 0.3 is 0 Å². The molecule has 1 saturated carbocycles. The molecular formula is C23H24N4O7. The monoisotopic (exact) mass is 468 g/mol. The molecule has 1 fully saturated rings. The molecule has 0 radical (unpaired) electrons. The molecule has 3 aliphatic heterocycles. The van der Waals surface area contributed by atoms with Crippen molar-refractivity contribution >= 4 is 5.91 Å². The van der Waals surface area contributed by atoms with Gasteiger partial charge in [0.25, 0.3) is 5.91 Å². The molecule has 11 heteroatoms. The fourth-order valence-electron chi connectivity index (χ4n) is 5.58. The van der Waals surface area contributed by atoms with Crippen LogP contribution in [0.1, 0.15) is 34.3 Å². The molecule has 0 saturated heterocycles. The lowest BCUT2D eigenvalue weighted by molar-refractivity contribution is -0.140. The van der Waals surface area contributed by atoms with Crippen LogP contribution in [0, 0.1) is 0 Å². The van der Waals surface area contributed by atoms with Gasteiger partial charge in [0.1, 0.15) is 23.9 Å². The Bertz CT molecular complexity index is 1190. The molecule has 2 aromatic carbocycles. The number of aliphatic hydroxyl groups excluding tert-OH is 3. The van der Waals surface area contributed by atoms with Crippen LogP contribution >= 0.6 is 0 Å². The number of rotatable bonds is 2. The lowest BCUT2D eigenvalue weighted by atomic mass is 9.68. The summed E-state index contributed by atoms with van der Waals surface area (Å²) in [6, 6.07) is 9.38. The second-order valence-corrected chi connectivity index (χ2v) is 9.34. The van der Waals surface area contributed by atoms with Crippen molar-refractivity contribution in [2.24, 2.45) is 10.3 Å². The minimum absolute atomic E-state index is 0.0201. The Hall–Kier alpha value is -3.41. The average molecular weight is 468 g/mol. The first kappa shape index (κ1) is 21.1. The van der Waals surface area contributed by atoms with E-state index in [1.54, 1.807) is 11.1 Å². The van der Waals surface area contributed by atoms with E-state index < -0.39 is 47.8 Å². The number of fused-ring (bicyclic) bond motifs is 4. The zero-order valence-electron chi connectivity index (χ0n) is 18.2. The molecule has 0 spiro atoms. The number of ether oxygens (including phenoxy) is 2. The number of carbonyl (C=O) groups excluding carboxylic acids is 1. The lowest BCUT2D eigenvalue weighted by Gasteiger charge is -2.51. The van der Waals surface area contributed by atoms with Crippen molar-refractivity contribution in [1.29, 1.82) is 0 Å². The van der Waals surface area contributed by atoms with Crippen LogP contribution in [0.2, 0.25) is 0 Å². The van der Waals surface area contributed by atoms with Gasteiger partial charge in [0.15, 0.2) is 11.5 Å². The summed E-state index contributed by atoms with van der Waals surface area (Å²) in [4.78, 5) is 12.9. The third-order valence-corrected chi connectivity index (χ3v) is 7.32. The number of hydrogen-bond donors (Lipinski definition) is 5. The Morgan fingerprint density at radius 2 is 1.88 bits per heavy atom. The van der Waals surface area contributed by atoms with Crippen LogP contribution in [0.15, 0.2) is 46.7 Å². The number of amides is 1. The molecule has 2 aromatic rings. The summed E-state index contributed by atoms with van der Waals surface area (Å²) in [6.45, 7) is 2.11. The van der Waals surface area contributed by atoms with Gasteiger partial charge in [-0.05, 0) is 24.1 Å². The second-order valence-electron chi connectivity index (χ2n) is 9.34. The molecule has 11 nitrogen and oxygen atoms in total. The maximum absolute atomic E-state index is 12.9. The first-order valence-corrected chi connectivity index (χ1v) is 11.1. The van der Waals surface area contributed by atoms with E-state index in [4.69, 9.17) is 9.47 Å². The predicted octanol–water partition coefficient (Wildman–Crippen LogP) is 0.380. The molecule has 1 amide bonds. The van der Waals surface area contributed by atoms with Gasteiger partial charge in [0.2, 0.25) is 12.5 Å². The summed E-state index contributed by atoms with van der Waals surface area (Å²) in [5, 5.41) is 56.5. The van der Waals surface area contributed by atoms with E-state index in [9.17, 15) is 25.2 Å². The van der Waals surface area contributed by atoms with Crippen LogP contribution in [0.4, 0.5) is 0 Å². The summed E-state index contributed by atoms with van der Waals surface area (Å²) < 4.78 is 10.7. The number of phenolic OH excluding ortho intramolecular Hbond substituents is 1. The van der Waals surface area contributed by atoms with Gasteiger partial charge in [-0.15, -0.1) is 0 Å². The Morgan fingerprint density at radius 1 is 1.12 bits per heavy atom. The SMILES string of the molecule is CC1(c2ccccc2)CN(C2C(O)C(O)C(O)C3NC(=O)c4c(cc5c(c4O)OCO5)C32)N=N1. The largest absolute Gasteiger partial charge is 0.504 e. The highest BCUT2D eigenvalue weighted by Crippen LogP contribution is 2.51. The molecule has 34 heavy (non-hydrogen) atoms. The van der Waals surface area contributed by atoms with Crippen LogP contribution in [-0.2, 0) is 5.54 Å². The van der Waals surface area contributed by atoms with Crippen molar-refractivity contribution in [3.63, 3.8) is 0 Å². The summed E-state index contributed by atoms with van der Waals surface area (Å²) >= 11 is 0. The maximum atomic E-state index is 12.9. The Labute approximate surface area is 194 Å². The molecule has 6 rings (SSSR count). The molecule has 178 valence electrons. The first-order valence-electron chi connectivity index (χ1n) is 11.1. The normalized spacial score (nSPS) is 35.6. The number of nitrogens with zero attached hydrogens (tertiary/aromatic N) is 3. The zero-order chi connectivity index (χ0) is 23.8. The Balaban J connectivity index is 1.45. The van der Waals surface area contributed by atoms with Crippen LogP contribution in [0.3, 0.4) is 0 Å². The van der Waals surface area contributed by atoms with Crippen LogP contribution in [-0.4, -0.2) is 75.1 Å². The average Bonchev–Trinajstić information content (AvgIpc) is 3.47.